The zero-order valence-electron chi connectivity index (χ0n) is 11.6. The maximum atomic E-state index is 12.1. The first-order chi connectivity index (χ1) is 10.1. The molecule has 8 heteroatoms. The number of hydrogen-bond donors (Lipinski definition) is 1. The molecule has 0 radical (unpaired) electrons. The molecule has 110 valence electrons. The number of amides is 3. The van der Waals surface area contributed by atoms with E-state index in [1.807, 2.05) is 13.8 Å². The van der Waals surface area contributed by atoms with E-state index < -0.39 is 12.1 Å². The van der Waals surface area contributed by atoms with Crippen molar-refractivity contribution in [2.75, 3.05) is 0 Å². The van der Waals surface area contributed by atoms with Crippen molar-refractivity contribution in [3.63, 3.8) is 0 Å². The van der Waals surface area contributed by atoms with Gasteiger partial charge in [-0.3, -0.25) is 9.69 Å². The molecule has 1 unspecified atom stereocenters. The molecule has 21 heavy (non-hydrogen) atoms. The number of nitrogens with one attached hydrogen (secondary N) is 1. The van der Waals surface area contributed by atoms with Gasteiger partial charge in [0.05, 0.1) is 12.8 Å². The highest BCUT2D eigenvalue weighted by molar-refractivity contribution is 6.04. The van der Waals surface area contributed by atoms with E-state index in [0.717, 1.165) is 4.90 Å². The highest BCUT2D eigenvalue weighted by Crippen LogP contribution is 2.19. The van der Waals surface area contributed by atoms with Crippen LogP contribution in [0.15, 0.2) is 27.3 Å². The average molecular weight is 290 g/mol. The van der Waals surface area contributed by atoms with E-state index in [-0.39, 0.29) is 30.1 Å². The molecule has 0 spiro atoms. The number of imide groups is 1. The molecule has 0 bridgehead atoms. The zero-order valence-corrected chi connectivity index (χ0v) is 11.6. The number of hydrogen-bond acceptors (Lipinski definition) is 6. The topological polar surface area (TPSA) is 101 Å². The van der Waals surface area contributed by atoms with Crippen molar-refractivity contribution in [3.8, 4) is 11.7 Å². The second-order valence-electron chi connectivity index (χ2n) is 5.09. The van der Waals surface area contributed by atoms with Gasteiger partial charge >= 0.3 is 6.03 Å². The molecule has 8 nitrogen and oxygen atoms in total. The van der Waals surface area contributed by atoms with Gasteiger partial charge in [-0.2, -0.15) is 4.98 Å². The van der Waals surface area contributed by atoms with Crippen molar-refractivity contribution in [2.24, 2.45) is 5.92 Å². The minimum atomic E-state index is -0.506. The van der Waals surface area contributed by atoms with E-state index in [1.165, 1.54) is 6.26 Å². The molecule has 1 aliphatic rings. The Bertz CT molecular complexity index is 662. The SMILES string of the molecule is CC(C)C1NC(=O)N(Cc2noc(-c3ccco3)n2)C1=O. The summed E-state index contributed by atoms with van der Waals surface area (Å²) in [7, 11) is 0. The molecule has 3 heterocycles. The lowest BCUT2D eigenvalue weighted by Gasteiger charge is -2.12. The van der Waals surface area contributed by atoms with Crippen LogP contribution in [0.1, 0.15) is 19.7 Å². The zero-order chi connectivity index (χ0) is 15.0. The van der Waals surface area contributed by atoms with Gasteiger partial charge in [0, 0.05) is 0 Å². The lowest BCUT2D eigenvalue weighted by Crippen LogP contribution is -2.34. The fourth-order valence-corrected chi connectivity index (χ4v) is 2.10. The lowest BCUT2D eigenvalue weighted by molar-refractivity contribution is -0.128. The van der Waals surface area contributed by atoms with Crippen molar-refractivity contribution in [3.05, 3.63) is 24.2 Å². The number of nitrogens with zero attached hydrogens (tertiary/aromatic N) is 3. The van der Waals surface area contributed by atoms with Gasteiger partial charge in [-0.25, -0.2) is 4.79 Å². The van der Waals surface area contributed by atoms with Crippen LogP contribution in [0, 0.1) is 5.92 Å². The van der Waals surface area contributed by atoms with Crippen LogP contribution < -0.4 is 5.32 Å². The van der Waals surface area contributed by atoms with Crippen LogP contribution >= 0.6 is 0 Å². The Morgan fingerprint density at radius 1 is 1.43 bits per heavy atom. The third-order valence-corrected chi connectivity index (χ3v) is 3.22. The first kappa shape index (κ1) is 13.3. The molecule has 0 saturated carbocycles. The average Bonchev–Trinajstić information content (AvgIpc) is 3.14. The lowest BCUT2D eigenvalue weighted by atomic mass is 10.1. The monoisotopic (exact) mass is 290 g/mol. The number of aromatic nitrogens is 2. The largest absolute Gasteiger partial charge is 0.459 e. The maximum Gasteiger partial charge on any atom is 0.325 e. The summed E-state index contributed by atoms with van der Waals surface area (Å²) in [6.07, 6.45) is 1.49. The number of rotatable bonds is 4. The van der Waals surface area contributed by atoms with Gasteiger partial charge in [0.15, 0.2) is 11.6 Å². The second-order valence-corrected chi connectivity index (χ2v) is 5.09. The summed E-state index contributed by atoms with van der Waals surface area (Å²) in [6, 6.07) is 2.43. The number of carbonyl (C=O) groups excluding carboxylic acids is 2. The van der Waals surface area contributed by atoms with Gasteiger partial charge in [0.2, 0.25) is 0 Å². The fourth-order valence-electron chi connectivity index (χ4n) is 2.10. The Hall–Kier alpha value is -2.64. The molecule has 1 aliphatic heterocycles. The summed E-state index contributed by atoms with van der Waals surface area (Å²) >= 11 is 0. The predicted molar refractivity (Wildman–Crippen MR) is 69.7 cm³/mol. The molecule has 1 fully saturated rings. The van der Waals surface area contributed by atoms with E-state index in [4.69, 9.17) is 8.94 Å². The minimum absolute atomic E-state index is 0.0235. The van der Waals surface area contributed by atoms with E-state index >= 15 is 0 Å². The maximum absolute atomic E-state index is 12.1. The van der Waals surface area contributed by atoms with Crippen LogP contribution in [0.25, 0.3) is 11.7 Å². The molecular weight excluding hydrogens is 276 g/mol. The third-order valence-electron chi connectivity index (χ3n) is 3.22. The Morgan fingerprint density at radius 3 is 2.86 bits per heavy atom. The van der Waals surface area contributed by atoms with Gasteiger partial charge in [0.25, 0.3) is 11.8 Å². The molecule has 2 aromatic heterocycles. The summed E-state index contributed by atoms with van der Waals surface area (Å²) in [6.45, 7) is 3.71. The summed E-state index contributed by atoms with van der Waals surface area (Å²) in [5.74, 6) is 0.637. The molecular formula is C13H14N4O4. The van der Waals surface area contributed by atoms with Gasteiger partial charge < -0.3 is 14.3 Å². The third kappa shape index (κ3) is 2.39. The normalized spacial score (nSPS) is 18.6. The van der Waals surface area contributed by atoms with Gasteiger partial charge in [-0.05, 0) is 18.1 Å². The minimum Gasteiger partial charge on any atom is -0.459 e. The van der Waals surface area contributed by atoms with Gasteiger partial charge in [-0.15, -0.1) is 0 Å². The van der Waals surface area contributed by atoms with Crippen LogP contribution in [-0.4, -0.2) is 33.0 Å². The van der Waals surface area contributed by atoms with Crippen LogP contribution in [0.3, 0.4) is 0 Å². The van der Waals surface area contributed by atoms with Crippen LogP contribution in [-0.2, 0) is 11.3 Å². The standard InChI is InChI=1S/C13H14N4O4/c1-7(2)10-12(18)17(13(19)15-10)6-9-14-11(21-16-9)8-4-3-5-20-8/h3-5,7,10H,6H2,1-2H3,(H,15,19). The fraction of sp³-hybridized carbons (Fsp3) is 0.385. The summed E-state index contributed by atoms with van der Waals surface area (Å²) in [5, 5.41) is 6.39. The summed E-state index contributed by atoms with van der Waals surface area (Å²) in [4.78, 5) is 29.2. The highest BCUT2D eigenvalue weighted by Gasteiger charge is 2.40. The Balaban J connectivity index is 1.75. The van der Waals surface area contributed by atoms with E-state index in [0.29, 0.717) is 5.76 Å². The molecule has 1 saturated heterocycles. The van der Waals surface area contributed by atoms with E-state index in [1.54, 1.807) is 12.1 Å². The number of carbonyl (C=O) groups is 2. The summed E-state index contributed by atoms with van der Waals surface area (Å²) in [5.41, 5.74) is 0. The van der Waals surface area contributed by atoms with Crippen LogP contribution in [0.4, 0.5) is 4.79 Å². The quantitative estimate of drug-likeness (QED) is 0.854. The van der Waals surface area contributed by atoms with Gasteiger partial charge in [-0.1, -0.05) is 19.0 Å². The molecule has 3 rings (SSSR count). The molecule has 1 N–H and O–H groups in total. The Morgan fingerprint density at radius 2 is 2.24 bits per heavy atom. The van der Waals surface area contributed by atoms with Crippen LogP contribution in [0.2, 0.25) is 0 Å². The Labute approximate surface area is 120 Å². The highest BCUT2D eigenvalue weighted by atomic mass is 16.5. The smallest absolute Gasteiger partial charge is 0.325 e. The first-order valence-electron chi connectivity index (χ1n) is 6.54. The first-order valence-corrected chi connectivity index (χ1v) is 6.54. The van der Waals surface area contributed by atoms with Crippen molar-refractivity contribution in [1.82, 2.24) is 20.4 Å². The molecule has 0 aliphatic carbocycles. The van der Waals surface area contributed by atoms with Crippen LogP contribution in [0.5, 0.6) is 0 Å². The van der Waals surface area contributed by atoms with Crippen molar-refractivity contribution < 1.29 is 18.5 Å². The second kappa shape index (κ2) is 5.04. The van der Waals surface area contributed by atoms with E-state index in [9.17, 15) is 9.59 Å². The van der Waals surface area contributed by atoms with Crippen molar-refractivity contribution in [2.45, 2.75) is 26.4 Å². The molecule has 2 aromatic rings. The number of furan rings is 1. The number of urea groups is 1. The molecule has 1 atom stereocenters. The Kier molecular flexibility index (Phi) is 3.20. The van der Waals surface area contributed by atoms with Gasteiger partial charge in [0.1, 0.15) is 6.04 Å². The molecule has 3 amide bonds. The van der Waals surface area contributed by atoms with Crippen molar-refractivity contribution >= 4 is 11.9 Å². The summed E-state index contributed by atoms with van der Waals surface area (Å²) < 4.78 is 10.2. The van der Waals surface area contributed by atoms with E-state index in [2.05, 4.69) is 15.5 Å². The predicted octanol–water partition coefficient (Wildman–Crippen LogP) is 1.41. The molecule has 0 aromatic carbocycles. The van der Waals surface area contributed by atoms with Crippen molar-refractivity contribution in [1.29, 1.82) is 0 Å².